The maximum Gasteiger partial charge on any atom is 0.341 e. The third-order valence-corrected chi connectivity index (χ3v) is 2.58. The Bertz CT molecular complexity index is 368. The van der Waals surface area contributed by atoms with Crippen LogP contribution < -0.4 is 0 Å². The summed E-state index contributed by atoms with van der Waals surface area (Å²) in [6.07, 6.45) is 1.51. The second-order valence-electron chi connectivity index (χ2n) is 3.93. The molecule has 1 aliphatic rings. The highest BCUT2D eigenvalue weighted by atomic mass is 16.5. The van der Waals surface area contributed by atoms with Crippen molar-refractivity contribution in [2.45, 2.75) is 19.3 Å². The average Bonchev–Trinajstić information content (AvgIpc) is 2.63. The molecule has 2 rings (SSSR count). The van der Waals surface area contributed by atoms with Gasteiger partial charge in [-0.25, -0.2) is 4.79 Å². The molecular formula is C10H14N2O3. The first-order valence-electron chi connectivity index (χ1n) is 4.96. The Morgan fingerprint density at radius 2 is 2.47 bits per heavy atom. The number of nitrogens with zero attached hydrogens (tertiary/aromatic N) is 1. The van der Waals surface area contributed by atoms with E-state index in [4.69, 9.17) is 9.47 Å². The number of esters is 1. The van der Waals surface area contributed by atoms with E-state index in [-0.39, 0.29) is 11.4 Å². The predicted molar refractivity (Wildman–Crippen MR) is 52.7 cm³/mol. The van der Waals surface area contributed by atoms with Crippen LogP contribution in [-0.4, -0.2) is 36.0 Å². The zero-order valence-corrected chi connectivity index (χ0v) is 8.87. The number of nitrogens with one attached hydrogen (secondary N) is 1. The van der Waals surface area contributed by atoms with Crippen LogP contribution in [-0.2, 0) is 14.9 Å². The van der Waals surface area contributed by atoms with Crippen LogP contribution in [0.3, 0.4) is 0 Å². The van der Waals surface area contributed by atoms with E-state index in [1.165, 1.54) is 6.20 Å². The van der Waals surface area contributed by atoms with Gasteiger partial charge in [0.05, 0.1) is 37.1 Å². The monoisotopic (exact) mass is 210 g/mol. The minimum absolute atomic E-state index is 0.126. The van der Waals surface area contributed by atoms with Gasteiger partial charge in [0.1, 0.15) is 5.56 Å². The number of carbonyl (C=O) groups excluding carboxylic acids is 1. The van der Waals surface area contributed by atoms with Crippen molar-refractivity contribution >= 4 is 5.97 Å². The number of hydrogen-bond donors (Lipinski definition) is 1. The van der Waals surface area contributed by atoms with E-state index in [0.29, 0.717) is 25.4 Å². The normalized spacial score (nSPS) is 18.3. The Labute approximate surface area is 87.8 Å². The Kier molecular flexibility index (Phi) is 2.48. The number of ether oxygens (including phenoxy) is 2. The summed E-state index contributed by atoms with van der Waals surface area (Å²) in [6, 6.07) is 0. The molecular weight excluding hydrogens is 196 g/mol. The molecule has 0 saturated carbocycles. The lowest BCUT2D eigenvalue weighted by atomic mass is 9.83. The molecule has 2 heterocycles. The van der Waals surface area contributed by atoms with Gasteiger partial charge in [-0.1, -0.05) is 0 Å². The number of rotatable bonds is 3. The first-order chi connectivity index (χ1) is 7.17. The highest BCUT2D eigenvalue weighted by Crippen LogP contribution is 2.32. The van der Waals surface area contributed by atoms with E-state index < -0.39 is 0 Å². The van der Waals surface area contributed by atoms with Gasteiger partial charge in [-0.05, 0) is 13.8 Å². The number of hydrogen-bond acceptors (Lipinski definition) is 4. The number of aromatic nitrogens is 2. The van der Waals surface area contributed by atoms with E-state index in [2.05, 4.69) is 10.2 Å². The van der Waals surface area contributed by atoms with Gasteiger partial charge in [0.25, 0.3) is 0 Å². The van der Waals surface area contributed by atoms with Gasteiger partial charge >= 0.3 is 5.97 Å². The molecule has 0 aromatic carbocycles. The predicted octanol–water partition coefficient (Wildman–Crippen LogP) is 0.874. The Hall–Kier alpha value is -1.36. The van der Waals surface area contributed by atoms with E-state index >= 15 is 0 Å². The maximum atomic E-state index is 11.6. The van der Waals surface area contributed by atoms with Crippen LogP contribution in [0.2, 0.25) is 0 Å². The molecule has 1 N–H and O–H groups in total. The molecule has 0 aliphatic carbocycles. The molecule has 1 aliphatic heterocycles. The van der Waals surface area contributed by atoms with Crippen molar-refractivity contribution in [3.05, 3.63) is 17.5 Å². The molecule has 5 nitrogen and oxygen atoms in total. The maximum absolute atomic E-state index is 11.6. The van der Waals surface area contributed by atoms with E-state index in [1.807, 2.05) is 6.92 Å². The van der Waals surface area contributed by atoms with Crippen LogP contribution in [0.4, 0.5) is 0 Å². The average molecular weight is 210 g/mol. The minimum atomic E-state index is -0.325. The Morgan fingerprint density at radius 3 is 3.00 bits per heavy atom. The molecule has 0 spiro atoms. The van der Waals surface area contributed by atoms with Crippen molar-refractivity contribution in [2.75, 3.05) is 19.8 Å². The number of aromatic amines is 1. The van der Waals surface area contributed by atoms with Crippen LogP contribution in [0.25, 0.3) is 0 Å². The number of carbonyl (C=O) groups is 1. The van der Waals surface area contributed by atoms with Crippen LogP contribution >= 0.6 is 0 Å². The first-order valence-corrected chi connectivity index (χ1v) is 4.96. The van der Waals surface area contributed by atoms with Crippen LogP contribution in [0.1, 0.15) is 29.9 Å². The lowest BCUT2D eigenvalue weighted by molar-refractivity contribution is -0.0525. The van der Waals surface area contributed by atoms with Gasteiger partial charge in [-0.2, -0.15) is 5.10 Å². The Morgan fingerprint density at radius 1 is 1.73 bits per heavy atom. The second kappa shape index (κ2) is 3.66. The standard InChI is InChI=1S/C10H14N2O3/c1-3-15-9(13)7-4-11-12-8(7)10(2)5-14-6-10/h4H,3,5-6H2,1-2H3,(H,11,12). The summed E-state index contributed by atoms with van der Waals surface area (Å²) in [5, 5.41) is 6.75. The minimum Gasteiger partial charge on any atom is -0.462 e. The number of H-pyrrole nitrogens is 1. The highest BCUT2D eigenvalue weighted by Gasteiger charge is 2.40. The van der Waals surface area contributed by atoms with Crippen LogP contribution in [0, 0.1) is 0 Å². The molecule has 15 heavy (non-hydrogen) atoms. The van der Waals surface area contributed by atoms with Gasteiger partial charge in [-0.3, -0.25) is 5.10 Å². The van der Waals surface area contributed by atoms with Crippen LogP contribution in [0.15, 0.2) is 6.20 Å². The van der Waals surface area contributed by atoms with Crippen molar-refractivity contribution in [3.63, 3.8) is 0 Å². The third-order valence-electron chi connectivity index (χ3n) is 2.58. The third kappa shape index (κ3) is 1.63. The molecule has 1 aromatic rings. The van der Waals surface area contributed by atoms with Gasteiger partial charge < -0.3 is 9.47 Å². The Balaban J connectivity index is 2.25. The SMILES string of the molecule is CCOC(=O)c1cn[nH]c1C1(C)COC1. The first kappa shape index (κ1) is 10.2. The topological polar surface area (TPSA) is 64.2 Å². The molecule has 0 unspecified atom stereocenters. The summed E-state index contributed by atoms with van der Waals surface area (Å²) in [5.74, 6) is -0.325. The smallest absolute Gasteiger partial charge is 0.341 e. The van der Waals surface area contributed by atoms with Crippen molar-refractivity contribution in [2.24, 2.45) is 0 Å². The zero-order chi connectivity index (χ0) is 10.9. The summed E-state index contributed by atoms with van der Waals surface area (Å²) in [4.78, 5) is 11.6. The summed E-state index contributed by atoms with van der Waals surface area (Å²) >= 11 is 0. The molecule has 0 radical (unpaired) electrons. The molecule has 0 amide bonds. The summed E-state index contributed by atoms with van der Waals surface area (Å²) in [6.45, 7) is 5.42. The van der Waals surface area contributed by atoms with Gasteiger partial charge in [-0.15, -0.1) is 0 Å². The van der Waals surface area contributed by atoms with Crippen molar-refractivity contribution in [3.8, 4) is 0 Å². The fourth-order valence-corrected chi connectivity index (χ4v) is 1.66. The zero-order valence-electron chi connectivity index (χ0n) is 8.87. The quantitative estimate of drug-likeness (QED) is 0.752. The van der Waals surface area contributed by atoms with Crippen molar-refractivity contribution < 1.29 is 14.3 Å². The summed E-state index contributed by atoms with van der Waals surface area (Å²) in [7, 11) is 0. The van der Waals surface area contributed by atoms with E-state index in [0.717, 1.165) is 5.69 Å². The molecule has 5 heteroatoms. The fraction of sp³-hybridized carbons (Fsp3) is 0.600. The summed E-state index contributed by atoms with van der Waals surface area (Å²) in [5.41, 5.74) is 1.20. The molecule has 0 bridgehead atoms. The molecule has 0 atom stereocenters. The fourth-order valence-electron chi connectivity index (χ4n) is 1.66. The lowest BCUT2D eigenvalue weighted by Gasteiger charge is -2.37. The lowest BCUT2D eigenvalue weighted by Crippen LogP contribution is -2.45. The van der Waals surface area contributed by atoms with Gasteiger partial charge in [0.2, 0.25) is 0 Å². The van der Waals surface area contributed by atoms with Crippen LogP contribution in [0.5, 0.6) is 0 Å². The molecule has 82 valence electrons. The highest BCUT2D eigenvalue weighted by molar-refractivity contribution is 5.90. The molecule has 1 fully saturated rings. The molecule has 1 aromatic heterocycles. The largest absolute Gasteiger partial charge is 0.462 e. The van der Waals surface area contributed by atoms with Crippen molar-refractivity contribution in [1.29, 1.82) is 0 Å². The van der Waals surface area contributed by atoms with Gasteiger partial charge in [0, 0.05) is 0 Å². The molecule has 1 saturated heterocycles. The van der Waals surface area contributed by atoms with E-state index in [9.17, 15) is 4.79 Å². The van der Waals surface area contributed by atoms with E-state index in [1.54, 1.807) is 6.92 Å². The second-order valence-corrected chi connectivity index (χ2v) is 3.93. The van der Waals surface area contributed by atoms with Gasteiger partial charge in [0.15, 0.2) is 0 Å². The summed E-state index contributed by atoms with van der Waals surface area (Å²) < 4.78 is 10.1. The van der Waals surface area contributed by atoms with Crippen molar-refractivity contribution in [1.82, 2.24) is 10.2 Å².